The number of nitrogens with zero attached hydrogens (tertiary/aromatic N) is 1. The van der Waals surface area contributed by atoms with Crippen LogP contribution in [0.25, 0.3) is 0 Å². The number of oxime groups is 1. The van der Waals surface area contributed by atoms with E-state index in [1.54, 1.807) is 12.7 Å². The minimum absolute atomic E-state index is 0.00583. The molecule has 0 radical (unpaired) electrons. The fourth-order valence-corrected chi connectivity index (χ4v) is 12.4. The molecule has 0 heterocycles. The molecule has 0 aromatic carbocycles. The lowest BCUT2D eigenvalue weighted by atomic mass is 9.46. The van der Waals surface area contributed by atoms with E-state index in [9.17, 15) is 0 Å². The van der Waals surface area contributed by atoms with Gasteiger partial charge in [-0.25, -0.2) is 0 Å². The van der Waals surface area contributed by atoms with Gasteiger partial charge in [-0.05, 0) is 140 Å². The van der Waals surface area contributed by atoms with Crippen molar-refractivity contribution in [3.05, 3.63) is 11.6 Å². The van der Waals surface area contributed by atoms with Crippen LogP contribution in [0, 0.1) is 28.6 Å². The molecule has 0 aliphatic heterocycles. The van der Waals surface area contributed by atoms with E-state index in [-0.39, 0.29) is 22.5 Å². The van der Waals surface area contributed by atoms with Crippen molar-refractivity contribution in [1.29, 1.82) is 0 Å². The fourth-order valence-electron chi connectivity index (χ4n) is 9.12. The third-order valence-corrected chi connectivity index (χ3v) is 13.5. The first-order valence-corrected chi connectivity index (χ1v) is 25.9. The van der Waals surface area contributed by atoms with E-state index in [0.717, 1.165) is 30.4 Å². The predicted octanol–water partition coefficient (Wildman–Crippen LogP) is 8.61. The molecule has 224 valence electrons. The Morgan fingerprint density at radius 3 is 2.10 bits per heavy atom. The molecule has 0 aromatic heterocycles. The molecule has 0 amide bonds. The van der Waals surface area contributed by atoms with E-state index in [1.165, 1.54) is 38.5 Å². The van der Waals surface area contributed by atoms with Crippen molar-refractivity contribution < 1.29 is 18.1 Å². The lowest BCUT2D eigenvalue weighted by molar-refractivity contribution is -0.167. The largest absolute Gasteiger partial charge is 0.415 e. The van der Waals surface area contributed by atoms with Crippen molar-refractivity contribution in [3.63, 3.8) is 0 Å². The predicted molar refractivity (Wildman–Crippen MR) is 171 cm³/mol. The quantitative estimate of drug-likeness (QED) is 0.198. The van der Waals surface area contributed by atoms with Gasteiger partial charge in [0.05, 0.1) is 24.0 Å². The van der Waals surface area contributed by atoms with Crippen LogP contribution in [0.2, 0.25) is 58.9 Å². The molecular formula is C31H59NO4Si3. The van der Waals surface area contributed by atoms with Gasteiger partial charge in [-0.3, -0.25) is 0 Å². The Kier molecular flexibility index (Phi) is 8.76. The van der Waals surface area contributed by atoms with Gasteiger partial charge in [0, 0.05) is 5.41 Å². The Morgan fingerprint density at radius 1 is 0.846 bits per heavy atom. The van der Waals surface area contributed by atoms with Crippen LogP contribution >= 0.6 is 0 Å². The molecule has 0 N–H and O–H groups in total. The van der Waals surface area contributed by atoms with Gasteiger partial charge >= 0.3 is 0 Å². The van der Waals surface area contributed by atoms with Crippen LogP contribution in [0.15, 0.2) is 16.8 Å². The highest BCUT2D eigenvalue weighted by molar-refractivity contribution is 6.70. The summed E-state index contributed by atoms with van der Waals surface area (Å²) < 4.78 is 21.4. The Labute approximate surface area is 243 Å². The van der Waals surface area contributed by atoms with Crippen LogP contribution < -0.4 is 0 Å². The second-order valence-corrected chi connectivity index (χ2v) is 29.9. The molecule has 4 aliphatic carbocycles. The minimum atomic E-state index is -1.88. The maximum absolute atomic E-state index is 7.52. The van der Waals surface area contributed by atoms with Crippen molar-refractivity contribution in [3.8, 4) is 0 Å². The third kappa shape index (κ3) is 6.26. The van der Waals surface area contributed by atoms with E-state index in [2.05, 4.69) is 84.0 Å². The van der Waals surface area contributed by atoms with Gasteiger partial charge in [0.1, 0.15) is 7.11 Å². The zero-order valence-corrected chi connectivity index (χ0v) is 30.3. The summed E-state index contributed by atoms with van der Waals surface area (Å²) >= 11 is 0. The lowest BCUT2D eigenvalue weighted by Gasteiger charge is -2.62. The van der Waals surface area contributed by atoms with Crippen molar-refractivity contribution in [1.82, 2.24) is 0 Å². The van der Waals surface area contributed by atoms with Crippen molar-refractivity contribution >= 4 is 30.7 Å². The lowest BCUT2D eigenvalue weighted by Crippen LogP contribution is -2.65. The highest BCUT2D eigenvalue weighted by Crippen LogP contribution is 2.69. The average molecular weight is 594 g/mol. The van der Waals surface area contributed by atoms with Crippen LogP contribution in [0.3, 0.4) is 0 Å². The molecule has 4 aliphatic rings. The first-order chi connectivity index (χ1) is 17.8. The molecule has 39 heavy (non-hydrogen) atoms. The van der Waals surface area contributed by atoms with Crippen LogP contribution in [-0.4, -0.2) is 56.1 Å². The standard InChI is InChI=1S/C31H59NO4Si3/c1-29-18-15-24(32-33-3)21-23(29)13-14-25-26(29)16-19-30(2)27(25)17-20-31(30,36-39(10,11)12)28(35-38(7,8)9)22-34-37(4,5)6/h21,25-28H,13-20,22H2,1-12H3/b32-24-/t25-,26+,27+,28-,29+,30+,31+/m1/s1. The van der Waals surface area contributed by atoms with Gasteiger partial charge in [0.25, 0.3) is 0 Å². The monoisotopic (exact) mass is 593 g/mol. The molecule has 3 fully saturated rings. The summed E-state index contributed by atoms with van der Waals surface area (Å²) in [5, 5.41) is 4.32. The molecule has 3 saturated carbocycles. The van der Waals surface area contributed by atoms with Crippen LogP contribution in [-0.2, 0) is 18.1 Å². The maximum atomic E-state index is 7.52. The van der Waals surface area contributed by atoms with Gasteiger partial charge in [0.2, 0.25) is 0 Å². The normalized spacial score (nSPS) is 39.0. The fraction of sp³-hybridized carbons (Fsp3) is 0.903. The van der Waals surface area contributed by atoms with E-state index >= 15 is 0 Å². The maximum Gasteiger partial charge on any atom is 0.184 e. The number of fused-ring (bicyclic) bond motifs is 5. The molecule has 7 atom stereocenters. The Balaban J connectivity index is 1.72. The molecule has 4 rings (SSSR count). The van der Waals surface area contributed by atoms with Gasteiger partial charge in [-0.15, -0.1) is 0 Å². The van der Waals surface area contributed by atoms with Crippen molar-refractivity contribution in [2.75, 3.05) is 13.7 Å². The number of hydrogen-bond donors (Lipinski definition) is 0. The van der Waals surface area contributed by atoms with E-state index in [4.69, 9.17) is 18.1 Å². The first-order valence-electron chi connectivity index (χ1n) is 15.7. The zero-order valence-electron chi connectivity index (χ0n) is 27.3. The molecule has 0 unspecified atom stereocenters. The number of allylic oxidation sites excluding steroid dienone is 2. The zero-order chi connectivity index (χ0) is 29.1. The molecule has 0 bridgehead atoms. The topological polar surface area (TPSA) is 49.3 Å². The molecule has 0 saturated heterocycles. The highest BCUT2D eigenvalue weighted by Gasteiger charge is 2.68. The molecular weight excluding hydrogens is 535 g/mol. The van der Waals surface area contributed by atoms with E-state index in [1.807, 2.05) is 0 Å². The van der Waals surface area contributed by atoms with Crippen molar-refractivity contribution in [2.45, 2.75) is 136 Å². The van der Waals surface area contributed by atoms with Crippen LogP contribution in [0.5, 0.6) is 0 Å². The van der Waals surface area contributed by atoms with Gasteiger partial charge < -0.3 is 18.1 Å². The third-order valence-electron chi connectivity index (χ3n) is 10.5. The Morgan fingerprint density at radius 2 is 1.51 bits per heavy atom. The summed E-state index contributed by atoms with van der Waals surface area (Å²) in [5.41, 5.74) is 2.88. The smallest absolute Gasteiger partial charge is 0.184 e. The minimum Gasteiger partial charge on any atom is -0.415 e. The van der Waals surface area contributed by atoms with E-state index in [0.29, 0.717) is 12.5 Å². The number of hydrogen-bond acceptors (Lipinski definition) is 5. The molecule has 0 spiro atoms. The summed E-state index contributed by atoms with van der Waals surface area (Å²) in [7, 11) is -3.75. The van der Waals surface area contributed by atoms with Gasteiger partial charge in [-0.2, -0.15) is 0 Å². The summed E-state index contributed by atoms with van der Waals surface area (Å²) in [6.07, 6.45) is 12.0. The summed E-state index contributed by atoms with van der Waals surface area (Å²) in [5.74, 6) is 2.18. The van der Waals surface area contributed by atoms with Crippen LogP contribution in [0.1, 0.15) is 65.2 Å². The van der Waals surface area contributed by atoms with Crippen LogP contribution in [0.4, 0.5) is 0 Å². The molecule has 5 nitrogen and oxygen atoms in total. The molecule has 0 aromatic rings. The highest BCUT2D eigenvalue weighted by atomic mass is 28.4. The average Bonchev–Trinajstić information content (AvgIpc) is 3.07. The van der Waals surface area contributed by atoms with Gasteiger partial charge in [-0.1, -0.05) is 24.6 Å². The first kappa shape index (κ1) is 31.7. The Hall–Kier alpha value is -0.259. The SMILES string of the molecule is CO/N=C1\C=C2CC[C@@H]3[C@H](CC[C@@]4(C)[C@H]3CC[C@]4(O[Si](C)(C)C)[C@@H](CO[Si](C)(C)C)O[Si](C)(C)C)[C@@]2(C)CC1. The second-order valence-electron chi connectivity index (χ2n) is 16.5. The van der Waals surface area contributed by atoms with E-state index < -0.39 is 25.0 Å². The Bertz CT molecular complexity index is 964. The second kappa shape index (κ2) is 10.8. The molecule has 8 heteroatoms. The van der Waals surface area contributed by atoms with Gasteiger partial charge in [0.15, 0.2) is 25.0 Å². The summed E-state index contributed by atoms with van der Waals surface area (Å²) in [6, 6.07) is 0. The summed E-state index contributed by atoms with van der Waals surface area (Å²) in [6.45, 7) is 26.9. The summed E-state index contributed by atoms with van der Waals surface area (Å²) in [4.78, 5) is 5.15. The van der Waals surface area contributed by atoms with Crippen molar-refractivity contribution in [2.24, 2.45) is 33.7 Å². The number of rotatable bonds is 9.